The Kier molecular flexibility index (Phi) is 6.78. The number of amides is 3. The molecule has 1 aromatic carbocycles. The molecule has 5 rings (SSSR count). The molecule has 0 unspecified atom stereocenters. The highest BCUT2D eigenvalue weighted by Crippen LogP contribution is 2.49. The summed E-state index contributed by atoms with van der Waals surface area (Å²) in [5.74, 6) is -7.05. The Labute approximate surface area is 200 Å². The van der Waals surface area contributed by atoms with Crippen LogP contribution in [0.3, 0.4) is 0 Å². The van der Waals surface area contributed by atoms with Crippen LogP contribution in [0.1, 0.15) is 43.8 Å². The number of alkyl halides is 2. The summed E-state index contributed by atoms with van der Waals surface area (Å²) in [6.45, 7) is 0.470. The van der Waals surface area contributed by atoms with E-state index >= 15 is 0 Å². The van der Waals surface area contributed by atoms with Crippen molar-refractivity contribution in [2.45, 2.75) is 62.3 Å². The number of carbonyl (C=O) groups excluding carboxylic acids is 3. The van der Waals surface area contributed by atoms with Gasteiger partial charge in [-0.3, -0.25) is 14.4 Å². The van der Waals surface area contributed by atoms with Crippen molar-refractivity contribution in [1.82, 2.24) is 15.5 Å². The maximum absolute atomic E-state index is 14.8. The van der Waals surface area contributed by atoms with Crippen molar-refractivity contribution in [1.29, 1.82) is 5.26 Å². The number of hydrogen-bond donors (Lipinski definition) is 3. The van der Waals surface area contributed by atoms with Gasteiger partial charge in [-0.1, -0.05) is 23.7 Å². The minimum absolute atomic E-state index is 0.0368. The zero-order chi connectivity index (χ0) is 24.6. The van der Waals surface area contributed by atoms with Crippen molar-refractivity contribution >= 4 is 29.3 Å². The van der Waals surface area contributed by atoms with Crippen LogP contribution in [0.15, 0.2) is 24.3 Å². The second kappa shape index (κ2) is 9.47. The lowest BCUT2D eigenvalue weighted by atomic mass is 9.71. The number of aliphatic hydroxyl groups excluding tert-OH is 1. The fourth-order valence-corrected chi connectivity index (χ4v) is 5.54. The Morgan fingerprint density at radius 3 is 2.74 bits per heavy atom. The molecule has 0 spiro atoms. The van der Waals surface area contributed by atoms with Crippen molar-refractivity contribution in [2.24, 2.45) is 11.8 Å². The first-order valence-corrected chi connectivity index (χ1v) is 11.6. The Bertz CT molecular complexity index is 1030. The highest BCUT2D eigenvalue weighted by atomic mass is 35.5. The van der Waals surface area contributed by atoms with Crippen molar-refractivity contribution in [3.05, 3.63) is 34.9 Å². The molecule has 3 amide bonds. The van der Waals surface area contributed by atoms with E-state index in [-0.39, 0.29) is 35.8 Å². The van der Waals surface area contributed by atoms with Gasteiger partial charge in [-0.05, 0) is 43.4 Å². The molecule has 3 saturated heterocycles. The zero-order valence-electron chi connectivity index (χ0n) is 18.2. The average Bonchev–Trinajstić information content (AvgIpc) is 3.20. The number of benzene rings is 1. The number of fused-ring (bicyclic) bond motifs is 3. The van der Waals surface area contributed by atoms with Crippen LogP contribution in [0, 0.1) is 23.2 Å². The second-order valence-corrected chi connectivity index (χ2v) is 9.59. The molecular weight excluding hydrogens is 470 g/mol. The Balaban J connectivity index is 1.58. The van der Waals surface area contributed by atoms with Crippen molar-refractivity contribution < 1.29 is 28.3 Å². The molecule has 2 bridgehead atoms. The summed E-state index contributed by atoms with van der Waals surface area (Å²) in [6, 6.07) is 4.35. The van der Waals surface area contributed by atoms with Crippen LogP contribution in [0.4, 0.5) is 8.78 Å². The second-order valence-electron chi connectivity index (χ2n) is 9.15. The number of carbonyl (C=O) groups is 3. The molecule has 3 N–H and O–H groups in total. The molecule has 1 saturated carbocycles. The lowest BCUT2D eigenvalue weighted by Crippen LogP contribution is -2.69. The molecule has 8 nitrogen and oxygen atoms in total. The standard InChI is InChI=1S/C23H25ClF2N4O4/c24-14-3-1-2-12(8-14)19(31)22(34)30-16-4-5-17(23(25,26)10-16)18(30)21(33)29-15(11-27)9-13-6-7-28-20(13)32/h1-3,8,13,15-19,31H,4-7,9-10H2,(H,28,32)(H,29,33)/t13-,15+,16+,17+,18-,19-/m1/s1. The number of piperidine rings is 2. The summed E-state index contributed by atoms with van der Waals surface area (Å²) < 4.78 is 29.6. The van der Waals surface area contributed by atoms with Crippen LogP contribution in [-0.4, -0.2) is 58.3 Å². The molecule has 0 radical (unpaired) electrons. The van der Waals surface area contributed by atoms with Gasteiger partial charge in [-0.25, -0.2) is 8.78 Å². The Morgan fingerprint density at radius 1 is 1.35 bits per heavy atom. The van der Waals surface area contributed by atoms with Crippen LogP contribution in [0.2, 0.25) is 5.02 Å². The molecule has 6 atom stereocenters. The highest BCUT2D eigenvalue weighted by molar-refractivity contribution is 6.30. The third-order valence-corrected chi connectivity index (χ3v) is 7.25. The molecule has 0 aromatic heterocycles. The number of nitrogens with zero attached hydrogens (tertiary/aromatic N) is 2. The predicted octanol–water partition coefficient (Wildman–Crippen LogP) is 1.92. The average molecular weight is 495 g/mol. The number of nitriles is 1. The van der Waals surface area contributed by atoms with Gasteiger partial charge in [0.05, 0.1) is 12.0 Å². The molecule has 4 fully saturated rings. The zero-order valence-corrected chi connectivity index (χ0v) is 19.0. The van der Waals surface area contributed by atoms with E-state index in [1.54, 1.807) is 12.1 Å². The number of nitrogens with one attached hydrogen (secondary N) is 2. The third kappa shape index (κ3) is 4.59. The number of halogens is 3. The normalized spacial score (nSPS) is 29.1. The lowest BCUT2D eigenvalue weighted by molar-refractivity contribution is -0.198. The van der Waals surface area contributed by atoms with Gasteiger partial charge < -0.3 is 20.6 Å². The van der Waals surface area contributed by atoms with Gasteiger partial charge in [0.25, 0.3) is 11.8 Å². The maximum atomic E-state index is 14.8. The highest BCUT2D eigenvalue weighted by Gasteiger charge is 2.61. The molecule has 11 heteroatoms. The number of hydrogen-bond acceptors (Lipinski definition) is 5. The smallest absolute Gasteiger partial charge is 0.256 e. The molecule has 1 aliphatic carbocycles. The monoisotopic (exact) mass is 494 g/mol. The van der Waals surface area contributed by atoms with Gasteiger partial charge in [-0.15, -0.1) is 0 Å². The summed E-state index contributed by atoms with van der Waals surface area (Å²) >= 11 is 5.95. The molecule has 3 aliphatic heterocycles. The van der Waals surface area contributed by atoms with Gasteiger partial charge in [0, 0.05) is 29.9 Å². The van der Waals surface area contributed by atoms with Gasteiger partial charge in [0.1, 0.15) is 12.1 Å². The summed E-state index contributed by atoms with van der Waals surface area (Å²) in [5, 5.41) is 25.6. The molecule has 34 heavy (non-hydrogen) atoms. The van der Waals surface area contributed by atoms with Crippen LogP contribution in [0.5, 0.6) is 0 Å². The van der Waals surface area contributed by atoms with Crippen LogP contribution < -0.4 is 10.6 Å². The Hall–Kier alpha value is -2.77. The van der Waals surface area contributed by atoms with Gasteiger partial charge >= 0.3 is 0 Å². The maximum Gasteiger partial charge on any atom is 0.256 e. The fraction of sp³-hybridized carbons (Fsp3) is 0.565. The van der Waals surface area contributed by atoms with E-state index in [0.717, 1.165) is 4.90 Å². The van der Waals surface area contributed by atoms with E-state index in [1.807, 2.05) is 6.07 Å². The predicted molar refractivity (Wildman–Crippen MR) is 116 cm³/mol. The molecule has 3 heterocycles. The van der Waals surface area contributed by atoms with E-state index in [2.05, 4.69) is 10.6 Å². The molecule has 4 aliphatic rings. The van der Waals surface area contributed by atoms with Gasteiger partial charge in [0.15, 0.2) is 6.10 Å². The summed E-state index contributed by atoms with van der Waals surface area (Å²) in [4.78, 5) is 39.4. The lowest BCUT2D eigenvalue weighted by Gasteiger charge is -2.54. The molecule has 1 aromatic rings. The molecular formula is C23H25ClF2N4O4. The van der Waals surface area contributed by atoms with Crippen molar-refractivity contribution in [2.75, 3.05) is 6.54 Å². The van der Waals surface area contributed by atoms with Crippen LogP contribution >= 0.6 is 11.6 Å². The topological polar surface area (TPSA) is 123 Å². The first-order valence-electron chi connectivity index (χ1n) is 11.2. The largest absolute Gasteiger partial charge is 0.378 e. The fourth-order valence-electron chi connectivity index (χ4n) is 5.34. The summed E-state index contributed by atoms with van der Waals surface area (Å²) in [6.07, 6.45) is -1.41. The Morgan fingerprint density at radius 2 is 2.12 bits per heavy atom. The number of rotatable bonds is 6. The first-order chi connectivity index (χ1) is 16.1. The summed E-state index contributed by atoms with van der Waals surface area (Å²) in [7, 11) is 0. The van der Waals surface area contributed by atoms with Gasteiger partial charge in [0.2, 0.25) is 11.8 Å². The van der Waals surface area contributed by atoms with Crippen molar-refractivity contribution in [3.63, 3.8) is 0 Å². The molecule has 182 valence electrons. The van der Waals surface area contributed by atoms with E-state index in [0.29, 0.717) is 13.0 Å². The third-order valence-electron chi connectivity index (χ3n) is 7.01. The van der Waals surface area contributed by atoms with E-state index in [9.17, 15) is 33.5 Å². The number of aliphatic hydroxyl groups is 1. The van der Waals surface area contributed by atoms with E-state index < -0.39 is 60.2 Å². The van der Waals surface area contributed by atoms with Gasteiger partial charge in [-0.2, -0.15) is 5.26 Å². The first kappa shape index (κ1) is 24.4. The van der Waals surface area contributed by atoms with Crippen LogP contribution in [0.25, 0.3) is 0 Å². The van der Waals surface area contributed by atoms with E-state index in [1.165, 1.54) is 12.1 Å². The summed E-state index contributed by atoms with van der Waals surface area (Å²) in [5.41, 5.74) is 0.187. The minimum Gasteiger partial charge on any atom is -0.378 e. The van der Waals surface area contributed by atoms with Crippen molar-refractivity contribution in [3.8, 4) is 6.07 Å². The SMILES string of the molecule is N#C[C@H](C[C@H]1CCNC1=O)NC(=O)[C@H]1[C@@H]2CC[C@@H](CC2(F)F)N1C(=O)[C@H](O)c1cccc(Cl)c1. The quantitative estimate of drug-likeness (QED) is 0.557. The minimum atomic E-state index is -3.17. The van der Waals surface area contributed by atoms with Crippen LogP contribution in [-0.2, 0) is 14.4 Å². The van der Waals surface area contributed by atoms with E-state index in [4.69, 9.17) is 11.6 Å².